The highest BCUT2D eigenvalue weighted by Crippen LogP contribution is 2.18. The smallest absolute Gasteiger partial charge is 0.273 e. The molecule has 26 heavy (non-hydrogen) atoms. The van der Waals surface area contributed by atoms with Crippen molar-refractivity contribution in [1.29, 1.82) is 0 Å². The molecule has 2 aromatic rings. The maximum absolute atomic E-state index is 12.4. The summed E-state index contributed by atoms with van der Waals surface area (Å²) >= 11 is 0. The zero-order valence-corrected chi connectivity index (χ0v) is 15.3. The number of amides is 1. The van der Waals surface area contributed by atoms with Crippen LogP contribution in [0.2, 0.25) is 0 Å². The van der Waals surface area contributed by atoms with Gasteiger partial charge in [-0.2, -0.15) is 0 Å². The van der Waals surface area contributed by atoms with Gasteiger partial charge < -0.3 is 14.9 Å². The van der Waals surface area contributed by atoms with Crippen LogP contribution in [0.1, 0.15) is 30.6 Å². The van der Waals surface area contributed by atoms with Gasteiger partial charge in [-0.05, 0) is 36.6 Å². The Hall–Kier alpha value is -2.95. The minimum absolute atomic E-state index is 0.269. The number of carbonyl (C=O) groups is 1. The molecule has 1 amide bonds. The van der Waals surface area contributed by atoms with Gasteiger partial charge in [0.05, 0.1) is 5.56 Å². The third-order valence-electron chi connectivity index (χ3n) is 4.03. The number of nitrogens with one attached hydrogen (secondary N) is 2. The predicted octanol–water partition coefficient (Wildman–Crippen LogP) is 3.94. The Morgan fingerprint density at radius 2 is 1.65 bits per heavy atom. The number of hydrogen-bond donors (Lipinski definition) is 2. The molecule has 1 atom stereocenters. The summed E-state index contributed by atoms with van der Waals surface area (Å²) in [6.07, 6.45) is 0.947. The monoisotopic (exact) mass is 354 g/mol. The highest BCUT2D eigenvalue weighted by atomic mass is 16.5. The van der Waals surface area contributed by atoms with Crippen LogP contribution in [0.3, 0.4) is 0 Å². The summed E-state index contributed by atoms with van der Waals surface area (Å²) in [4.78, 5) is 12.4. The first-order chi connectivity index (χ1) is 12.6. The van der Waals surface area contributed by atoms with Crippen molar-refractivity contribution in [3.8, 4) is 11.5 Å². The van der Waals surface area contributed by atoms with E-state index in [1.165, 1.54) is 0 Å². The van der Waals surface area contributed by atoms with Gasteiger partial charge in [-0.25, -0.2) is 0 Å². The van der Waals surface area contributed by atoms with Crippen molar-refractivity contribution < 1.29 is 14.3 Å². The molecule has 0 aromatic heterocycles. The molecule has 5 nitrogen and oxygen atoms in total. The minimum atomic E-state index is -0.269. The van der Waals surface area contributed by atoms with Crippen LogP contribution in [0.5, 0.6) is 11.5 Å². The molecule has 0 radical (unpaired) electrons. The normalized spacial score (nSPS) is 11.3. The van der Waals surface area contributed by atoms with Crippen molar-refractivity contribution in [2.24, 2.45) is 5.92 Å². The molecule has 0 aliphatic carbocycles. The van der Waals surface area contributed by atoms with Crippen molar-refractivity contribution in [2.45, 2.75) is 20.3 Å². The zero-order valence-electron chi connectivity index (χ0n) is 15.3. The van der Waals surface area contributed by atoms with Gasteiger partial charge in [0.2, 0.25) is 0 Å². The first kappa shape index (κ1) is 19.4. The van der Waals surface area contributed by atoms with Crippen LogP contribution in [-0.4, -0.2) is 19.1 Å². The average Bonchev–Trinajstić information content (AvgIpc) is 2.69. The fourth-order valence-corrected chi connectivity index (χ4v) is 2.18. The molecule has 0 aliphatic heterocycles. The molecule has 138 valence electrons. The summed E-state index contributed by atoms with van der Waals surface area (Å²) in [5.41, 5.74) is 6.77. The van der Waals surface area contributed by atoms with Gasteiger partial charge in [0.15, 0.2) is 0 Å². The molecular weight excluding hydrogens is 328 g/mol. The molecule has 2 aromatic carbocycles. The molecule has 0 heterocycles. The number of allylic oxidation sites excluding steroid dienone is 1. The molecule has 0 fully saturated rings. The van der Waals surface area contributed by atoms with Crippen LogP contribution < -0.4 is 20.3 Å². The van der Waals surface area contributed by atoms with E-state index in [-0.39, 0.29) is 11.8 Å². The Labute approximate surface area is 155 Å². The number of para-hydroxylation sites is 2. The van der Waals surface area contributed by atoms with Crippen molar-refractivity contribution in [2.75, 3.05) is 13.2 Å². The van der Waals surface area contributed by atoms with Crippen molar-refractivity contribution in [1.82, 2.24) is 10.9 Å². The molecule has 0 spiro atoms. The first-order valence-electron chi connectivity index (χ1n) is 8.76. The number of carbonyl (C=O) groups excluding carboxylic acids is 1. The van der Waals surface area contributed by atoms with Gasteiger partial charge in [0, 0.05) is 5.70 Å². The zero-order chi connectivity index (χ0) is 18.8. The molecule has 0 saturated carbocycles. The van der Waals surface area contributed by atoms with Crippen LogP contribution in [0.4, 0.5) is 0 Å². The molecule has 5 heteroatoms. The predicted molar refractivity (Wildman–Crippen MR) is 103 cm³/mol. The summed E-state index contributed by atoms with van der Waals surface area (Å²) < 4.78 is 11.3. The van der Waals surface area contributed by atoms with Gasteiger partial charge in [0.25, 0.3) is 5.91 Å². The lowest BCUT2D eigenvalue weighted by molar-refractivity contribution is 0.0932. The average molecular weight is 354 g/mol. The van der Waals surface area contributed by atoms with Crippen molar-refractivity contribution in [3.05, 3.63) is 72.4 Å². The van der Waals surface area contributed by atoms with E-state index < -0.39 is 0 Å². The number of benzene rings is 2. The lowest BCUT2D eigenvalue weighted by Gasteiger charge is -2.17. The second-order valence-electron chi connectivity index (χ2n) is 5.92. The molecule has 0 bridgehead atoms. The summed E-state index contributed by atoms with van der Waals surface area (Å²) in [6, 6.07) is 16.6. The summed E-state index contributed by atoms with van der Waals surface area (Å²) in [5.74, 6) is 1.30. The van der Waals surface area contributed by atoms with E-state index in [2.05, 4.69) is 24.4 Å². The molecule has 0 unspecified atom stereocenters. The van der Waals surface area contributed by atoms with E-state index in [1.807, 2.05) is 43.3 Å². The number of rotatable bonds is 10. The van der Waals surface area contributed by atoms with E-state index in [9.17, 15) is 4.79 Å². The van der Waals surface area contributed by atoms with E-state index in [4.69, 9.17) is 9.47 Å². The van der Waals surface area contributed by atoms with E-state index in [1.54, 1.807) is 18.2 Å². The lowest BCUT2D eigenvalue weighted by atomic mass is 10.1. The highest BCUT2D eigenvalue weighted by Gasteiger charge is 2.13. The number of hydrazine groups is 1. The Bertz CT molecular complexity index is 716. The standard InChI is InChI=1S/C21H26N2O3/c1-4-16(2)17(3)22-23-21(24)19-12-8-9-13-20(19)26-15-14-25-18-10-6-5-7-11-18/h5-13,16,22H,3-4,14-15H2,1-2H3,(H,23,24)/t16-/m0/s1. The van der Waals surface area contributed by atoms with Gasteiger partial charge >= 0.3 is 0 Å². The van der Waals surface area contributed by atoms with Gasteiger partial charge in [0.1, 0.15) is 24.7 Å². The van der Waals surface area contributed by atoms with Crippen molar-refractivity contribution in [3.63, 3.8) is 0 Å². The lowest BCUT2D eigenvalue weighted by Crippen LogP contribution is -2.38. The molecule has 0 saturated heterocycles. The van der Waals surface area contributed by atoms with E-state index in [0.29, 0.717) is 24.5 Å². The summed E-state index contributed by atoms with van der Waals surface area (Å²) in [6.45, 7) is 8.78. The number of ether oxygens (including phenoxy) is 2. The maximum atomic E-state index is 12.4. The Balaban J connectivity index is 1.86. The minimum Gasteiger partial charge on any atom is -0.490 e. The quantitative estimate of drug-likeness (QED) is 0.501. The molecular formula is C21H26N2O3. The van der Waals surface area contributed by atoms with Crippen LogP contribution in [0, 0.1) is 5.92 Å². The summed E-state index contributed by atoms with van der Waals surface area (Å²) in [7, 11) is 0. The Kier molecular flexibility index (Phi) is 7.55. The van der Waals surface area contributed by atoms with Crippen molar-refractivity contribution >= 4 is 5.91 Å². The SMILES string of the molecule is C=C(NNC(=O)c1ccccc1OCCOc1ccccc1)[C@@H](C)CC. The molecule has 2 rings (SSSR count). The first-order valence-corrected chi connectivity index (χ1v) is 8.76. The van der Waals surface area contributed by atoms with E-state index in [0.717, 1.165) is 17.9 Å². The fourth-order valence-electron chi connectivity index (χ4n) is 2.18. The van der Waals surface area contributed by atoms with Crippen LogP contribution in [0.15, 0.2) is 66.9 Å². The largest absolute Gasteiger partial charge is 0.490 e. The Morgan fingerprint density at radius 3 is 2.38 bits per heavy atom. The molecule has 2 N–H and O–H groups in total. The second kappa shape index (κ2) is 10.1. The maximum Gasteiger partial charge on any atom is 0.273 e. The third kappa shape index (κ3) is 5.84. The van der Waals surface area contributed by atoms with E-state index >= 15 is 0 Å². The van der Waals surface area contributed by atoms with Crippen LogP contribution >= 0.6 is 0 Å². The third-order valence-corrected chi connectivity index (χ3v) is 4.03. The van der Waals surface area contributed by atoms with Crippen LogP contribution in [0.25, 0.3) is 0 Å². The second-order valence-corrected chi connectivity index (χ2v) is 5.92. The molecule has 0 aliphatic rings. The number of hydrogen-bond acceptors (Lipinski definition) is 4. The van der Waals surface area contributed by atoms with Gasteiger partial charge in [-0.15, -0.1) is 0 Å². The Morgan fingerprint density at radius 1 is 1.00 bits per heavy atom. The van der Waals surface area contributed by atoms with Gasteiger partial charge in [-0.1, -0.05) is 50.8 Å². The highest BCUT2D eigenvalue weighted by molar-refractivity contribution is 5.96. The summed E-state index contributed by atoms with van der Waals surface area (Å²) in [5, 5.41) is 0. The van der Waals surface area contributed by atoms with Crippen LogP contribution in [-0.2, 0) is 0 Å². The fraction of sp³-hybridized carbons (Fsp3) is 0.286. The van der Waals surface area contributed by atoms with Gasteiger partial charge in [-0.3, -0.25) is 10.2 Å². The topological polar surface area (TPSA) is 59.6 Å².